The minimum absolute atomic E-state index is 0.00433. The predicted molar refractivity (Wildman–Crippen MR) is 79.8 cm³/mol. The summed E-state index contributed by atoms with van der Waals surface area (Å²) in [6.45, 7) is 0. The Bertz CT molecular complexity index is 706. The van der Waals surface area contributed by atoms with Crippen molar-refractivity contribution in [2.75, 3.05) is 7.11 Å². The topological polar surface area (TPSA) is 43.4 Å². The van der Waals surface area contributed by atoms with E-state index in [2.05, 4.69) is 16.6 Å². The highest BCUT2D eigenvalue weighted by molar-refractivity contribution is 6.10. The number of hydrogen-bond donors (Lipinski definition) is 0. The summed E-state index contributed by atoms with van der Waals surface area (Å²) >= 11 is 0. The van der Waals surface area contributed by atoms with Gasteiger partial charge < -0.3 is 4.74 Å². The van der Waals surface area contributed by atoms with Gasteiger partial charge in [0.05, 0.1) is 7.11 Å². The van der Waals surface area contributed by atoms with Crippen molar-refractivity contribution < 1.29 is 14.3 Å². The van der Waals surface area contributed by atoms with Crippen LogP contribution >= 0.6 is 0 Å². The third-order valence-electron chi connectivity index (χ3n) is 2.89. The van der Waals surface area contributed by atoms with Crippen molar-refractivity contribution in [2.45, 2.75) is 6.42 Å². The summed E-state index contributed by atoms with van der Waals surface area (Å²) in [6, 6.07) is 16.1. The first kappa shape index (κ1) is 14.5. The summed E-state index contributed by atoms with van der Waals surface area (Å²) in [5.41, 5.74) is 1.75. The first-order valence-electron chi connectivity index (χ1n) is 6.47. The van der Waals surface area contributed by atoms with Gasteiger partial charge in [-0.2, -0.15) is 0 Å². The molecule has 0 heterocycles. The summed E-state index contributed by atoms with van der Waals surface area (Å²) in [5, 5.41) is 0. The van der Waals surface area contributed by atoms with Crippen molar-refractivity contribution in [1.29, 1.82) is 0 Å². The standard InChI is InChI=1S/C18H14O3/c1-21-17(19)13-7-11-14-8-5-6-12-16(14)18(20)15-9-3-2-4-10-15/h2-6,8-10,12H,13H2,1H3. The first-order valence-corrected chi connectivity index (χ1v) is 6.47. The van der Waals surface area contributed by atoms with Crippen LogP contribution in [0, 0.1) is 11.8 Å². The average molecular weight is 278 g/mol. The summed E-state index contributed by atoms with van der Waals surface area (Å²) in [4.78, 5) is 23.5. The number of hydrogen-bond acceptors (Lipinski definition) is 3. The second-order valence-corrected chi connectivity index (χ2v) is 4.30. The maximum atomic E-state index is 12.5. The van der Waals surface area contributed by atoms with Gasteiger partial charge in [-0.25, -0.2) is 0 Å². The molecule has 104 valence electrons. The van der Waals surface area contributed by atoms with E-state index in [4.69, 9.17) is 0 Å². The normalized spacial score (nSPS) is 9.38. The van der Waals surface area contributed by atoms with E-state index in [0.29, 0.717) is 16.7 Å². The largest absolute Gasteiger partial charge is 0.468 e. The molecule has 21 heavy (non-hydrogen) atoms. The molecule has 0 aliphatic heterocycles. The maximum absolute atomic E-state index is 12.5. The lowest BCUT2D eigenvalue weighted by Gasteiger charge is -2.03. The number of carbonyl (C=O) groups excluding carboxylic acids is 2. The molecule has 0 radical (unpaired) electrons. The SMILES string of the molecule is COC(=O)CC#Cc1ccccc1C(=O)c1ccccc1. The van der Waals surface area contributed by atoms with Crippen molar-refractivity contribution in [3.8, 4) is 11.8 Å². The number of ether oxygens (including phenoxy) is 1. The van der Waals surface area contributed by atoms with Crippen LogP contribution in [0.5, 0.6) is 0 Å². The second kappa shape index (κ2) is 7.06. The van der Waals surface area contributed by atoms with E-state index < -0.39 is 5.97 Å². The molecule has 0 aromatic heterocycles. The molecule has 0 N–H and O–H groups in total. The molecule has 2 rings (SSSR count). The van der Waals surface area contributed by atoms with Gasteiger partial charge in [-0.1, -0.05) is 54.3 Å². The van der Waals surface area contributed by atoms with E-state index in [1.54, 1.807) is 30.3 Å². The van der Waals surface area contributed by atoms with Crippen LogP contribution in [0.25, 0.3) is 0 Å². The van der Waals surface area contributed by atoms with Gasteiger partial charge in [-0.3, -0.25) is 9.59 Å². The number of methoxy groups -OCH3 is 1. The van der Waals surface area contributed by atoms with Gasteiger partial charge >= 0.3 is 5.97 Å². The highest BCUT2D eigenvalue weighted by Crippen LogP contribution is 2.13. The third-order valence-corrected chi connectivity index (χ3v) is 2.89. The van der Waals surface area contributed by atoms with Crippen LogP contribution in [-0.2, 0) is 9.53 Å². The molecule has 0 spiro atoms. The summed E-state index contributed by atoms with van der Waals surface area (Å²) in [5.74, 6) is 5.10. The fourth-order valence-corrected chi connectivity index (χ4v) is 1.82. The van der Waals surface area contributed by atoms with Gasteiger partial charge in [0, 0.05) is 16.7 Å². The molecular formula is C18H14O3. The molecule has 0 amide bonds. The molecule has 0 aliphatic carbocycles. The van der Waals surface area contributed by atoms with Gasteiger partial charge in [-0.05, 0) is 12.1 Å². The Morgan fingerprint density at radius 1 is 1.00 bits per heavy atom. The Balaban J connectivity index is 2.29. The Morgan fingerprint density at radius 2 is 1.67 bits per heavy atom. The molecule has 0 bridgehead atoms. The fraction of sp³-hybridized carbons (Fsp3) is 0.111. The molecule has 0 aliphatic rings. The highest BCUT2D eigenvalue weighted by Gasteiger charge is 2.11. The van der Waals surface area contributed by atoms with Crippen LogP contribution < -0.4 is 0 Å². The van der Waals surface area contributed by atoms with E-state index in [-0.39, 0.29) is 12.2 Å². The van der Waals surface area contributed by atoms with Crippen molar-refractivity contribution in [3.05, 3.63) is 71.3 Å². The highest BCUT2D eigenvalue weighted by atomic mass is 16.5. The Labute approximate surface area is 123 Å². The smallest absolute Gasteiger partial charge is 0.317 e. The van der Waals surface area contributed by atoms with Crippen LogP contribution in [0.1, 0.15) is 27.9 Å². The van der Waals surface area contributed by atoms with Crippen molar-refractivity contribution in [3.63, 3.8) is 0 Å². The number of ketones is 1. The van der Waals surface area contributed by atoms with Crippen LogP contribution in [-0.4, -0.2) is 18.9 Å². The Hall–Kier alpha value is -2.86. The average Bonchev–Trinajstić information content (AvgIpc) is 2.55. The lowest BCUT2D eigenvalue weighted by atomic mass is 9.98. The van der Waals surface area contributed by atoms with Crippen LogP contribution in [0.3, 0.4) is 0 Å². The molecular weight excluding hydrogens is 264 g/mol. The van der Waals surface area contributed by atoms with Crippen molar-refractivity contribution in [1.82, 2.24) is 0 Å². The molecule has 0 atom stereocenters. The maximum Gasteiger partial charge on any atom is 0.317 e. The number of rotatable bonds is 3. The van der Waals surface area contributed by atoms with E-state index in [1.165, 1.54) is 7.11 Å². The fourth-order valence-electron chi connectivity index (χ4n) is 1.82. The van der Waals surface area contributed by atoms with Crippen LogP contribution in [0.15, 0.2) is 54.6 Å². The molecule has 3 heteroatoms. The molecule has 3 nitrogen and oxygen atoms in total. The van der Waals surface area contributed by atoms with E-state index in [9.17, 15) is 9.59 Å². The minimum atomic E-state index is -0.394. The molecule has 2 aromatic rings. The van der Waals surface area contributed by atoms with Gasteiger partial charge in [0.15, 0.2) is 5.78 Å². The summed E-state index contributed by atoms with van der Waals surface area (Å²) in [6.07, 6.45) is 0.00433. The number of benzene rings is 2. The molecule has 0 fully saturated rings. The van der Waals surface area contributed by atoms with Crippen molar-refractivity contribution in [2.24, 2.45) is 0 Å². The Morgan fingerprint density at radius 3 is 2.38 bits per heavy atom. The predicted octanol–water partition coefficient (Wildman–Crippen LogP) is 2.83. The third kappa shape index (κ3) is 3.80. The number of carbonyl (C=O) groups is 2. The second-order valence-electron chi connectivity index (χ2n) is 4.30. The monoisotopic (exact) mass is 278 g/mol. The zero-order valence-electron chi connectivity index (χ0n) is 11.6. The summed E-state index contributed by atoms with van der Waals surface area (Å²) in [7, 11) is 1.32. The minimum Gasteiger partial charge on any atom is -0.468 e. The molecule has 0 unspecified atom stereocenters. The van der Waals surface area contributed by atoms with Gasteiger partial charge in [0.25, 0.3) is 0 Å². The van der Waals surface area contributed by atoms with Crippen molar-refractivity contribution >= 4 is 11.8 Å². The van der Waals surface area contributed by atoms with Crippen LogP contribution in [0.2, 0.25) is 0 Å². The van der Waals surface area contributed by atoms with E-state index in [1.807, 2.05) is 24.3 Å². The zero-order valence-corrected chi connectivity index (χ0v) is 11.6. The lowest BCUT2D eigenvalue weighted by molar-refractivity contribution is -0.139. The molecule has 2 aromatic carbocycles. The van der Waals surface area contributed by atoms with Gasteiger partial charge in [0.1, 0.15) is 6.42 Å². The molecule has 0 saturated heterocycles. The van der Waals surface area contributed by atoms with E-state index >= 15 is 0 Å². The lowest BCUT2D eigenvalue weighted by Crippen LogP contribution is -2.03. The summed E-state index contributed by atoms with van der Waals surface area (Å²) < 4.78 is 4.53. The van der Waals surface area contributed by atoms with Gasteiger partial charge in [-0.15, -0.1) is 0 Å². The van der Waals surface area contributed by atoms with Gasteiger partial charge in [0.2, 0.25) is 0 Å². The zero-order chi connectivity index (χ0) is 15.1. The Kier molecular flexibility index (Phi) is 4.89. The quantitative estimate of drug-likeness (QED) is 0.492. The van der Waals surface area contributed by atoms with E-state index in [0.717, 1.165) is 0 Å². The number of esters is 1. The molecule has 0 saturated carbocycles. The van der Waals surface area contributed by atoms with Crippen LogP contribution in [0.4, 0.5) is 0 Å². The first-order chi connectivity index (χ1) is 10.2.